The van der Waals surface area contributed by atoms with E-state index in [0.717, 1.165) is 21.5 Å². The van der Waals surface area contributed by atoms with Crippen molar-refractivity contribution in [2.24, 2.45) is 0 Å². The molecule has 0 radical (unpaired) electrons. The minimum Gasteiger partial charge on any atom is -0.0840 e. The molecule has 0 heterocycles. The Bertz CT molecular complexity index is 274. The zero-order chi connectivity index (χ0) is 8.97. The van der Waals surface area contributed by atoms with Gasteiger partial charge in [0, 0.05) is 9.51 Å². The van der Waals surface area contributed by atoms with E-state index in [1.807, 2.05) is 30.3 Å². The quantitative estimate of drug-likeness (QED) is 0.723. The van der Waals surface area contributed by atoms with Gasteiger partial charge in [0.25, 0.3) is 0 Å². The maximum atomic E-state index is 6.00. The van der Waals surface area contributed by atoms with E-state index in [9.17, 15) is 0 Å². The van der Waals surface area contributed by atoms with Gasteiger partial charge in [-0.1, -0.05) is 52.7 Å². The smallest absolute Gasteiger partial charge is 0.0438 e. The Kier molecular flexibility index (Phi) is 3.83. The van der Waals surface area contributed by atoms with Crippen LogP contribution in [-0.2, 0) is 0 Å². The molecule has 64 valence electrons. The van der Waals surface area contributed by atoms with Gasteiger partial charge in [-0.25, -0.2) is 0 Å². The van der Waals surface area contributed by atoms with Gasteiger partial charge in [-0.15, -0.1) is 0 Å². The molecule has 0 nitrogen and oxygen atoms in total. The van der Waals surface area contributed by atoms with Crippen LogP contribution in [0.3, 0.4) is 0 Å². The SMILES string of the molecule is CCC=C(Cl)c1ccc(Br)cc1. The van der Waals surface area contributed by atoms with E-state index < -0.39 is 0 Å². The maximum Gasteiger partial charge on any atom is 0.0438 e. The molecular weight excluding hydrogens is 235 g/mol. The summed E-state index contributed by atoms with van der Waals surface area (Å²) in [6.07, 6.45) is 2.97. The molecule has 0 amide bonds. The van der Waals surface area contributed by atoms with Crippen molar-refractivity contribution in [3.05, 3.63) is 40.4 Å². The van der Waals surface area contributed by atoms with Gasteiger partial charge in [0.2, 0.25) is 0 Å². The van der Waals surface area contributed by atoms with Crippen LogP contribution >= 0.6 is 27.5 Å². The van der Waals surface area contributed by atoms with Crippen LogP contribution in [0.15, 0.2) is 34.8 Å². The predicted octanol–water partition coefficient (Wildman–Crippen LogP) is 4.44. The van der Waals surface area contributed by atoms with Gasteiger partial charge >= 0.3 is 0 Å². The standard InChI is InChI=1S/C10H10BrCl/c1-2-3-10(12)8-4-6-9(11)7-5-8/h3-7H,2H2,1H3. The largest absolute Gasteiger partial charge is 0.0840 e. The van der Waals surface area contributed by atoms with Crippen LogP contribution in [0.5, 0.6) is 0 Å². The molecule has 0 saturated carbocycles. The van der Waals surface area contributed by atoms with E-state index in [2.05, 4.69) is 22.9 Å². The summed E-state index contributed by atoms with van der Waals surface area (Å²) < 4.78 is 1.08. The van der Waals surface area contributed by atoms with Crippen LogP contribution in [-0.4, -0.2) is 0 Å². The minimum atomic E-state index is 0.824. The van der Waals surface area contributed by atoms with E-state index in [-0.39, 0.29) is 0 Å². The fourth-order valence-corrected chi connectivity index (χ4v) is 1.45. The van der Waals surface area contributed by atoms with Gasteiger partial charge in [-0.05, 0) is 24.1 Å². The van der Waals surface area contributed by atoms with Crippen LogP contribution in [0.25, 0.3) is 5.03 Å². The van der Waals surface area contributed by atoms with Crippen molar-refractivity contribution in [2.75, 3.05) is 0 Å². The maximum absolute atomic E-state index is 6.00. The van der Waals surface area contributed by atoms with E-state index in [4.69, 9.17) is 11.6 Å². The third-order valence-electron chi connectivity index (χ3n) is 1.50. The molecule has 12 heavy (non-hydrogen) atoms. The van der Waals surface area contributed by atoms with Crippen molar-refractivity contribution in [1.82, 2.24) is 0 Å². The Labute approximate surface area is 86.4 Å². The topological polar surface area (TPSA) is 0 Å². The summed E-state index contributed by atoms with van der Waals surface area (Å²) in [5.41, 5.74) is 1.07. The number of benzene rings is 1. The van der Waals surface area contributed by atoms with E-state index >= 15 is 0 Å². The lowest BCUT2D eigenvalue weighted by molar-refractivity contribution is 1.23. The van der Waals surface area contributed by atoms with Crippen LogP contribution in [0.2, 0.25) is 0 Å². The summed E-state index contributed by atoms with van der Waals surface area (Å²) in [5, 5.41) is 0.824. The Morgan fingerprint density at radius 1 is 1.42 bits per heavy atom. The van der Waals surface area contributed by atoms with Gasteiger partial charge in [-0.2, -0.15) is 0 Å². The zero-order valence-corrected chi connectivity index (χ0v) is 9.19. The molecular formula is C10H10BrCl. The Hall–Kier alpha value is -0.270. The number of rotatable bonds is 2. The molecule has 0 atom stereocenters. The number of halogens is 2. The van der Waals surface area contributed by atoms with Gasteiger partial charge < -0.3 is 0 Å². The molecule has 0 aliphatic rings. The molecule has 0 spiro atoms. The second-order valence-electron chi connectivity index (χ2n) is 2.47. The van der Waals surface area contributed by atoms with Crippen LogP contribution in [0.4, 0.5) is 0 Å². The van der Waals surface area contributed by atoms with E-state index in [1.165, 1.54) is 0 Å². The minimum absolute atomic E-state index is 0.824. The molecule has 2 heteroatoms. The predicted molar refractivity (Wildman–Crippen MR) is 58.3 cm³/mol. The molecule has 0 fully saturated rings. The van der Waals surface area contributed by atoms with Gasteiger partial charge in [-0.3, -0.25) is 0 Å². The van der Waals surface area contributed by atoms with E-state index in [0.29, 0.717) is 0 Å². The van der Waals surface area contributed by atoms with Gasteiger partial charge in [0.15, 0.2) is 0 Å². The Morgan fingerprint density at radius 2 is 2.00 bits per heavy atom. The third kappa shape index (κ3) is 2.65. The average Bonchev–Trinajstić information content (AvgIpc) is 2.06. The summed E-state index contributed by atoms with van der Waals surface area (Å²) in [7, 11) is 0. The zero-order valence-electron chi connectivity index (χ0n) is 6.85. The summed E-state index contributed by atoms with van der Waals surface area (Å²) >= 11 is 9.38. The Morgan fingerprint density at radius 3 is 2.50 bits per heavy atom. The molecule has 0 aliphatic carbocycles. The number of allylic oxidation sites excluding steroid dienone is 1. The highest BCUT2D eigenvalue weighted by molar-refractivity contribution is 9.10. The second-order valence-corrected chi connectivity index (χ2v) is 3.79. The molecule has 0 aliphatic heterocycles. The highest BCUT2D eigenvalue weighted by atomic mass is 79.9. The van der Waals surface area contributed by atoms with Crippen LogP contribution in [0, 0.1) is 0 Å². The second kappa shape index (κ2) is 4.68. The van der Waals surface area contributed by atoms with Crippen molar-refractivity contribution in [3.8, 4) is 0 Å². The fourth-order valence-electron chi connectivity index (χ4n) is 0.906. The van der Waals surface area contributed by atoms with Crippen LogP contribution < -0.4 is 0 Å². The molecule has 0 N–H and O–H groups in total. The first-order valence-electron chi connectivity index (χ1n) is 3.85. The molecule has 1 aromatic rings. The monoisotopic (exact) mass is 244 g/mol. The summed E-state index contributed by atoms with van der Waals surface area (Å²) in [4.78, 5) is 0. The number of hydrogen-bond donors (Lipinski definition) is 0. The van der Waals surface area contributed by atoms with Crippen LogP contribution in [0.1, 0.15) is 18.9 Å². The van der Waals surface area contributed by atoms with Gasteiger partial charge in [0.1, 0.15) is 0 Å². The van der Waals surface area contributed by atoms with Crippen molar-refractivity contribution >= 4 is 32.6 Å². The lowest BCUT2D eigenvalue weighted by atomic mass is 10.2. The van der Waals surface area contributed by atoms with Crippen molar-refractivity contribution in [1.29, 1.82) is 0 Å². The molecule has 0 unspecified atom stereocenters. The highest BCUT2D eigenvalue weighted by Crippen LogP contribution is 2.21. The molecule has 0 aromatic heterocycles. The third-order valence-corrected chi connectivity index (χ3v) is 2.40. The first-order valence-corrected chi connectivity index (χ1v) is 5.02. The first-order chi connectivity index (χ1) is 5.74. The highest BCUT2D eigenvalue weighted by Gasteiger charge is 1.95. The lowest BCUT2D eigenvalue weighted by Crippen LogP contribution is -1.75. The van der Waals surface area contributed by atoms with Gasteiger partial charge in [0.05, 0.1) is 0 Å². The lowest BCUT2D eigenvalue weighted by Gasteiger charge is -1.98. The van der Waals surface area contributed by atoms with Crippen molar-refractivity contribution in [2.45, 2.75) is 13.3 Å². The van der Waals surface area contributed by atoms with E-state index in [1.54, 1.807) is 0 Å². The first kappa shape index (κ1) is 9.82. The number of hydrogen-bond acceptors (Lipinski definition) is 0. The molecule has 0 saturated heterocycles. The summed E-state index contributed by atoms with van der Waals surface area (Å²) in [6.45, 7) is 2.07. The average molecular weight is 246 g/mol. The summed E-state index contributed by atoms with van der Waals surface area (Å²) in [6, 6.07) is 7.97. The molecule has 1 aromatic carbocycles. The fraction of sp³-hybridized carbons (Fsp3) is 0.200. The molecule has 1 rings (SSSR count). The summed E-state index contributed by atoms with van der Waals surface area (Å²) in [5.74, 6) is 0. The molecule has 0 bridgehead atoms. The van der Waals surface area contributed by atoms with Crippen molar-refractivity contribution in [3.63, 3.8) is 0 Å². The normalized spacial score (nSPS) is 11.8. The Balaban J connectivity index is 2.89. The van der Waals surface area contributed by atoms with Crippen molar-refractivity contribution < 1.29 is 0 Å².